The largest absolute Gasteiger partial charge is 0.357 e. The Morgan fingerprint density at radius 2 is 1.88 bits per heavy atom. The van der Waals surface area contributed by atoms with Gasteiger partial charge in [0, 0.05) is 5.57 Å². The van der Waals surface area contributed by atoms with Gasteiger partial charge in [-0.1, -0.05) is 6.58 Å². The molecule has 0 saturated heterocycles. The SMILES string of the molecule is C=C(C)C(=O)ONc1ccc(S(N)(=O)=O)cc1. The highest BCUT2D eigenvalue weighted by molar-refractivity contribution is 7.89. The molecule has 0 amide bonds. The molecule has 7 heteroatoms. The highest BCUT2D eigenvalue weighted by Gasteiger charge is 2.07. The average molecular weight is 256 g/mol. The van der Waals surface area contributed by atoms with Gasteiger partial charge >= 0.3 is 5.97 Å². The number of benzene rings is 1. The summed E-state index contributed by atoms with van der Waals surface area (Å²) in [5.41, 5.74) is 3.03. The summed E-state index contributed by atoms with van der Waals surface area (Å²) in [5, 5.41) is 4.92. The van der Waals surface area contributed by atoms with Gasteiger partial charge < -0.3 is 4.84 Å². The maximum atomic E-state index is 11.0. The first kappa shape index (κ1) is 13.2. The van der Waals surface area contributed by atoms with Crippen LogP contribution in [0.5, 0.6) is 0 Å². The maximum Gasteiger partial charge on any atom is 0.357 e. The topological polar surface area (TPSA) is 98.5 Å². The number of hydrogen-bond acceptors (Lipinski definition) is 5. The Hall–Kier alpha value is -1.86. The van der Waals surface area contributed by atoms with Crippen molar-refractivity contribution in [3.8, 4) is 0 Å². The van der Waals surface area contributed by atoms with E-state index in [0.717, 1.165) is 0 Å². The van der Waals surface area contributed by atoms with Crippen LogP contribution in [0.3, 0.4) is 0 Å². The summed E-state index contributed by atoms with van der Waals surface area (Å²) < 4.78 is 21.9. The smallest absolute Gasteiger partial charge is 0.338 e. The lowest BCUT2D eigenvalue weighted by Gasteiger charge is -2.06. The van der Waals surface area contributed by atoms with E-state index < -0.39 is 16.0 Å². The van der Waals surface area contributed by atoms with E-state index in [1.54, 1.807) is 0 Å². The van der Waals surface area contributed by atoms with Crippen molar-refractivity contribution < 1.29 is 18.0 Å². The van der Waals surface area contributed by atoms with Crippen molar-refractivity contribution in [2.45, 2.75) is 11.8 Å². The molecular weight excluding hydrogens is 244 g/mol. The molecule has 0 heterocycles. The van der Waals surface area contributed by atoms with Gasteiger partial charge in [0.15, 0.2) is 0 Å². The van der Waals surface area contributed by atoms with E-state index in [4.69, 9.17) is 5.14 Å². The molecule has 1 aromatic carbocycles. The van der Waals surface area contributed by atoms with Crippen molar-refractivity contribution in [3.63, 3.8) is 0 Å². The fourth-order valence-electron chi connectivity index (χ4n) is 0.905. The lowest BCUT2D eigenvalue weighted by atomic mass is 10.3. The number of anilines is 1. The Morgan fingerprint density at radius 3 is 2.29 bits per heavy atom. The van der Waals surface area contributed by atoms with Crippen LogP contribution in [-0.2, 0) is 19.7 Å². The second kappa shape index (κ2) is 4.98. The van der Waals surface area contributed by atoms with E-state index in [2.05, 4.69) is 16.9 Å². The van der Waals surface area contributed by atoms with Gasteiger partial charge in [-0.25, -0.2) is 23.8 Å². The highest BCUT2D eigenvalue weighted by atomic mass is 32.2. The fraction of sp³-hybridized carbons (Fsp3) is 0.100. The molecule has 92 valence electrons. The maximum absolute atomic E-state index is 11.0. The monoisotopic (exact) mass is 256 g/mol. The van der Waals surface area contributed by atoms with Crippen LogP contribution in [0.2, 0.25) is 0 Å². The summed E-state index contributed by atoms with van der Waals surface area (Å²) in [4.78, 5) is 15.7. The van der Waals surface area contributed by atoms with Crippen molar-refractivity contribution in [2.75, 3.05) is 5.48 Å². The van der Waals surface area contributed by atoms with Gasteiger partial charge in [0.05, 0.1) is 10.6 Å². The highest BCUT2D eigenvalue weighted by Crippen LogP contribution is 2.12. The van der Waals surface area contributed by atoms with Crippen LogP contribution in [0.1, 0.15) is 6.92 Å². The van der Waals surface area contributed by atoms with E-state index in [0.29, 0.717) is 5.69 Å². The number of hydrogen-bond donors (Lipinski definition) is 2. The minimum Gasteiger partial charge on any atom is -0.338 e. The molecular formula is C10H12N2O4S. The van der Waals surface area contributed by atoms with Crippen molar-refractivity contribution in [1.82, 2.24) is 0 Å². The molecule has 0 fully saturated rings. The quantitative estimate of drug-likeness (QED) is 0.612. The molecule has 1 aromatic rings. The minimum absolute atomic E-state index is 0.0192. The molecule has 17 heavy (non-hydrogen) atoms. The number of carbonyl (C=O) groups is 1. The molecule has 0 aromatic heterocycles. The van der Waals surface area contributed by atoms with E-state index in [-0.39, 0.29) is 10.5 Å². The molecule has 0 atom stereocenters. The summed E-state index contributed by atoms with van der Waals surface area (Å²) in [6.45, 7) is 4.91. The standard InChI is InChI=1S/C10H12N2O4S/c1-7(2)10(13)16-12-8-3-5-9(6-4-8)17(11,14)15/h3-6,12H,1H2,2H3,(H2,11,14,15). The van der Waals surface area contributed by atoms with Crippen LogP contribution >= 0.6 is 0 Å². The predicted octanol–water partition coefficient (Wildman–Crippen LogP) is 0.780. The Labute approximate surface area is 99.1 Å². The molecule has 0 aliphatic heterocycles. The third-order valence-electron chi connectivity index (χ3n) is 1.79. The van der Waals surface area contributed by atoms with E-state index in [9.17, 15) is 13.2 Å². The molecule has 0 saturated carbocycles. The lowest BCUT2D eigenvalue weighted by Crippen LogP contribution is -2.13. The van der Waals surface area contributed by atoms with Crippen LogP contribution in [0.4, 0.5) is 5.69 Å². The van der Waals surface area contributed by atoms with Crippen molar-refractivity contribution in [2.24, 2.45) is 5.14 Å². The van der Waals surface area contributed by atoms with Crippen molar-refractivity contribution in [3.05, 3.63) is 36.4 Å². The number of carbonyl (C=O) groups excluding carboxylic acids is 1. The van der Waals surface area contributed by atoms with Crippen molar-refractivity contribution in [1.29, 1.82) is 0 Å². The zero-order valence-electron chi connectivity index (χ0n) is 9.14. The van der Waals surface area contributed by atoms with E-state index in [1.165, 1.54) is 31.2 Å². The predicted molar refractivity (Wildman–Crippen MR) is 62.3 cm³/mol. The van der Waals surface area contributed by atoms with Crippen molar-refractivity contribution >= 4 is 21.7 Å². The first-order valence-corrected chi connectivity index (χ1v) is 6.11. The Kier molecular flexibility index (Phi) is 3.87. The van der Waals surface area contributed by atoms with Crippen LogP contribution in [0, 0.1) is 0 Å². The summed E-state index contributed by atoms with van der Waals surface area (Å²) in [7, 11) is -3.71. The van der Waals surface area contributed by atoms with E-state index >= 15 is 0 Å². The van der Waals surface area contributed by atoms with Gasteiger partial charge in [-0.2, -0.15) is 0 Å². The first-order chi connectivity index (χ1) is 7.80. The minimum atomic E-state index is -3.71. The Bertz CT molecular complexity index is 534. The van der Waals surface area contributed by atoms with Gasteiger partial charge in [-0.15, -0.1) is 0 Å². The molecule has 1 rings (SSSR count). The number of primary sulfonamides is 1. The lowest BCUT2D eigenvalue weighted by molar-refractivity contribution is -0.136. The van der Waals surface area contributed by atoms with Crippen LogP contribution < -0.4 is 10.6 Å². The number of sulfonamides is 1. The van der Waals surface area contributed by atoms with Gasteiger partial charge in [-0.05, 0) is 31.2 Å². The molecule has 0 bridgehead atoms. The molecule has 0 aliphatic carbocycles. The van der Waals surface area contributed by atoms with Gasteiger partial charge in [0.2, 0.25) is 10.0 Å². The summed E-state index contributed by atoms with van der Waals surface area (Å²) in [5.74, 6) is -0.597. The van der Waals surface area contributed by atoms with Crippen LogP contribution in [-0.4, -0.2) is 14.4 Å². The molecule has 0 unspecified atom stereocenters. The number of nitrogens with two attached hydrogens (primary N) is 1. The third-order valence-corrected chi connectivity index (χ3v) is 2.72. The van der Waals surface area contributed by atoms with Gasteiger partial charge in [0.25, 0.3) is 0 Å². The first-order valence-electron chi connectivity index (χ1n) is 4.56. The second-order valence-corrected chi connectivity index (χ2v) is 4.90. The summed E-state index contributed by atoms with van der Waals surface area (Å²) >= 11 is 0. The summed E-state index contributed by atoms with van der Waals surface area (Å²) in [6.07, 6.45) is 0. The number of nitrogens with one attached hydrogen (secondary N) is 1. The van der Waals surface area contributed by atoms with Crippen LogP contribution in [0.25, 0.3) is 0 Å². The second-order valence-electron chi connectivity index (χ2n) is 3.34. The Morgan fingerprint density at radius 1 is 1.35 bits per heavy atom. The molecule has 0 radical (unpaired) electrons. The molecule has 3 N–H and O–H groups in total. The fourth-order valence-corrected chi connectivity index (χ4v) is 1.42. The zero-order chi connectivity index (χ0) is 13.1. The normalized spacial score (nSPS) is 10.7. The molecule has 0 spiro atoms. The van der Waals surface area contributed by atoms with Gasteiger partial charge in [0.1, 0.15) is 0 Å². The number of rotatable bonds is 4. The van der Waals surface area contributed by atoms with E-state index in [1.807, 2.05) is 0 Å². The third kappa shape index (κ3) is 3.89. The Balaban J connectivity index is 2.70. The zero-order valence-corrected chi connectivity index (χ0v) is 9.95. The molecule has 6 nitrogen and oxygen atoms in total. The molecule has 0 aliphatic rings. The van der Waals surface area contributed by atoms with Gasteiger partial charge in [-0.3, -0.25) is 0 Å². The summed E-state index contributed by atoms with van der Waals surface area (Å²) in [6, 6.07) is 5.44. The van der Waals surface area contributed by atoms with Crippen LogP contribution in [0.15, 0.2) is 41.3 Å². The average Bonchev–Trinajstić information content (AvgIpc) is 2.25.